The Bertz CT molecular complexity index is 557. The summed E-state index contributed by atoms with van der Waals surface area (Å²) in [7, 11) is 0. The van der Waals surface area contributed by atoms with E-state index in [1.54, 1.807) is 0 Å². The molecule has 0 spiro atoms. The fourth-order valence-electron chi connectivity index (χ4n) is 8.76. The van der Waals surface area contributed by atoms with Gasteiger partial charge in [-0.1, -0.05) is 6.92 Å². The maximum atomic E-state index is 10.7. The summed E-state index contributed by atoms with van der Waals surface area (Å²) in [5.41, 5.74) is 0.194. The second-order valence-electron chi connectivity index (χ2n) is 11.0. The maximum absolute atomic E-state index is 10.7. The highest BCUT2D eigenvalue weighted by Crippen LogP contribution is 2.70. The fourth-order valence-corrected chi connectivity index (χ4v) is 8.76. The fraction of sp³-hybridized carbons (Fsp3) is 1.00. The molecule has 2 bridgehead atoms. The first-order valence-corrected chi connectivity index (χ1v) is 10.8. The first-order valence-electron chi connectivity index (χ1n) is 10.8. The van der Waals surface area contributed by atoms with Gasteiger partial charge in [0.1, 0.15) is 0 Å². The number of aliphatic hydroxyl groups excluding tert-OH is 1. The van der Waals surface area contributed by atoms with Crippen LogP contribution in [0.15, 0.2) is 0 Å². The van der Waals surface area contributed by atoms with Crippen LogP contribution in [0.5, 0.6) is 0 Å². The average Bonchev–Trinajstić information content (AvgIpc) is 3.01. The highest BCUT2D eigenvalue weighted by Gasteiger charge is 2.67. The van der Waals surface area contributed by atoms with Crippen LogP contribution in [0.2, 0.25) is 0 Å². The minimum atomic E-state index is -0.485. The van der Waals surface area contributed by atoms with Crippen molar-refractivity contribution in [3.63, 3.8) is 0 Å². The second-order valence-corrected chi connectivity index (χ2v) is 11.0. The molecule has 0 radical (unpaired) electrons. The number of rotatable bonds is 1. The molecule has 2 N–H and O–H groups in total. The van der Waals surface area contributed by atoms with Crippen LogP contribution in [-0.2, 0) is 4.74 Å². The van der Waals surface area contributed by atoms with Gasteiger partial charge in [0.15, 0.2) is 0 Å². The van der Waals surface area contributed by atoms with Gasteiger partial charge >= 0.3 is 0 Å². The molecule has 0 aromatic heterocycles. The van der Waals surface area contributed by atoms with Gasteiger partial charge in [0.25, 0.3) is 0 Å². The van der Waals surface area contributed by atoms with Crippen molar-refractivity contribution in [3.05, 3.63) is 0 Å². The lowest BCUT2D eigenvalue weighted by molar-refractivity contribution is -0.141. The van der Waals surface area contributed by atoms with E-state index in [9.17, 15) is 10.2 Å². The molecule has 5 rings (SSSR count). The smallest absolute Gasteiger partial charge is 0.0623 e. The Morgan fingerprint density at radius 2 is 1.80 bits per heavy atom. The molecular formula is C22H36O3. The normalized spacial score (nSPS) is 61.3. The van der Waals surface area contributed by atoms with Crippen LogP contribution in [0.3, 0.4) is 0 Å². The lowest BCUT2D eigenvalue weighted by Gasteiger charge is -2.60. The largest absolute Gasteiger partial charge is 0.393 e. The molecule has 0 amide bonds. The zero-order chi connectivity index (χ0) is 17.6. The first-order chi connectivity index (χ1) is 11.8. The van der Waals surface area contributed by atoms with Gasteiger partial charge in [-0.15, -0.1) is 0 Å². The summed E-state index contributed by atoms with van der Waals surface area (Å²) >= 11 is 0. The van der Waals surface area contributed by atoms with Crippen LogP contribution in [0.1, 0.15) is 72.1 Å². The highest BCUT2D eigenvalue weighted by atomic mass is 16.5. The molecule has 1 heterocycles. The Balaban J connectivity index is 1.48. The van der Waals surface area contributed by atoms with Crippen LogP contribution in [0.4, 0.5) is 0 Å². The van der Waals surface area contributed by atoms with Crippen molar-refractivity contribution in [1.29, 1.82) is 0 Å². The van der Waals surface area contributed by atoms with E-state index in [0.29, 0.717) is 28.8 Å². The Morgan fingerprint density at radius 3 is 2.56 bits per heavy atom. The summed E-state index contributed by atoms with van der Waals surface area (Å²) in [6.07, 6.45) is 9.57. The Kier molecular flexibility index (Phi) is 3.56. The van der Waals surface area contributed by atoms with E-state index in [1.807, 2.05) is 13.8 Å². The predicted octanol–water partition coefficient (Wildman–Crippen LogP) is 3.77. The Labute approximate surface area is 152 Å². The van der Waals surface area contributed by atoms with Crippen molar-refractivity contribution < 1.29 is 14.9 Å². The van der Waals surface area contributed by atoms with Gasteiger partial charge in [0.2, 0.25) is 0 Å². The van der Waals surface area contributed by atoms with Crippen LogP contribution in [0, 0.1) is 40.4 Å². The molecule has 3 nitrogen and oxygen atoms in total. The summed E-state index contributed by atoms with van der Waals surface area (Å²) in [6, 6.07) is 0. The van der Waals surface area contributed by atoms with E-state index < -0.39 is 5.60 Å². The summed E-state index contributed by atoms with van der Waals surface area (Å²) in [4.78, 5) is 0. The maximum Gasteiger partial charge on any atom is 0.0623 e. The summed E-state index contributed by atoms with van der Waals surface area (Å²) in [5.74, 6) is 3.41. The van der Waals surface area contributed by atoms with Gasteiger partial charge in [-0.3, -0.25) is 0 Å². The van der Waals surface area contributed by atoms with Crippen molar-refractivity contribution in [2.75, 3.05) is 6.61 Å². The standard InChI is InChI=1S/C22H36O3/c1-13(23)15-4-5-16-14-10-19-18-11-20(2,24)8-9-22(18,12-25-19)17(14)6-7-21(15,16)3/h13-19,23-24H,4-12H2,1-3H3/t13?,14-,15+,16-,17?,18?,19+,20+,21+,22-/m0/s1. The summed E-state index contributed by atoms with van der Waals surface area (Å²) < 4.78 is 6.40. The summed E-state index contributed by atoms with van der Waals surface area (Å²) in [5, 5.41) is 21.0. The summed E-state index contributed by atoms with van der Waals surface area (Å²) in [6.45, 7) is 7.48. The Morgan fingerprint density at radius 1 is 1.00 bits per heavy atom. The van der Waals surface area contributed by atoms with Gasteiger partial charge in [-0.05, 0) is 100 Å². The molecule has 1 aliphatic heterocycles. The third-order valence-corrected chi connectivity index (χ3v) is 9.88. The van der Waals surface area contributed by atoms with Gasteiger partial charge in [-0.25, -0.2) is 0 Å². The molecule has 0 aromatic rings. The molecule has 3 unspecified atom stereocenters. The topological polar surface area (TPSA) is 49.7 Å². The van der Waals surface area contributed by atoms with Gasteiger partial charge in [0, 0.05) is 5.41 Å². The van der Waals surface area contributed by atoms with E-state index in [2.05, 4.69) is 6.92 Å². The second kappa shape index (κ2) is 5.23. The van der Waals surface area contributed by atoms with Crippen LogP contribution in [0.25, 0.3) is 0 Å². The molecule has 5 aliphatic rings. The molecular weight excluding hydrogens is 312 g/mol. The predicted molar refractivity (Wildman–Crippen MR) is 97.0 cm³/mol. The van der Waals surface area contributed by atoms with Gasteiger partial charge in [0.05, 0.1) is 24.4 Å². The van der Waals surface area contributed by atoms with Crippen molar-refractivity contribution in [2.45, 2.75) is 89.9 Å². The minimum Gasteiger partial charge on any atom is -0.393 e. The number of fused-ring (bicyclic) bond motifs is 3. The van der Waals surface area contributed by atoms with E-state index in [0.717, 1.165) is 43.6 Å². The molecule has 0 aromatic carbocycles. The molecule has 4 saturated carbocycles. The van der Waals surface area contributed by atoms with Crippen molar-refractivity contribution in [2.24, 2.45) is 40.4 Å². The van der Waals surface area contributed by atoms with E-state index >= 15 is 0 Å². The number of hydrogen-bond acceptors (Lipinski definition) is 3. The lowest BCUT2D eigenvalue weighted by atomic mass is 9.44. The number of ether oxygens (including phenoxy) is 1. The van der Waals surface area contributed by atoms with Gasteiger partial charge in [-0.2, -0.15) is 0 Å². The van der Waals surface area contributed by atoms with Gasteiger partial charge < -0.3 is 14.9 Å². The number of hydrogen-bond donors (Lipinski definition) is 2. The molecule has 4 aliphatic carbocycles. The minimum absolute atomic E-state index is 0.168. The molecule has 25 heavy (non-hydrogen) atoms. The molecule has 1 saturated heterocycles. The van der Waals surface area contributed by atoms with Crippen LogP contribution < -0.4 is 0 Å². The van der Waals surface area contributed by atoms with Crippen LogP contribution in [-0.4, -0.2) is 34.6 Å². The molecule has 5 fully saturated rings. The lowest BCUT2D eigenvalue weighted by Crippen LogP contribution is -2.58. The zero-order valence-electron chi connectivity index (χ0n) is 16.2. The van der Waals surface area contributed by atoms with E-state index in [1.165, 1.54) is 32.1 Å². The van der Waals surface area contributed by atoms with E-state index in [4.69, 9.17) is 4.74 Å². The molecule has 142 valence electrons. The quantitative estimate of drug-likeness (QED) is 0.758. The zero-order valence-corrected chi connectivity index (χ0v) is 16.2. The Hall–Kier alpha value is -0.120. The van der Waals surface area contributed by atoms with E-state index in [-0.39, 0.29) is 6.10 Å². The molecule has 3 heteroatoms. The first kappa shape index (κ1) is 17.0. The monoisotopic (exact) mass is 348 g/mol. The van der Waals surface area contributed by atoms with Crippen molar-refractivity contribution in [3.8, 4) is 0 Å². The third-order valence-electron chi connectivity index (χ3n) is 9.88. The SMILES string of the molecule is CC(O)[C@H]1CC[C@H]2[C@@H]3C[C@H]4OC[C@@]5(CC[C@@](C)(O)CC45)C3CC[C@]12C. The number of aliphatic hydroxyl groups is 2. The average molecular weight is 349 g/mol. The third kappa shape index (κ3) is 2.15. The molecule has 10 atom stereocenters. The van der Waals surface area contributed by atoms with Crippen molar-refractivity contribution in [1.82, 2.24) is 0 Å². The van der Waals surface area contributed by atoms with Crippen molar-refractivity contribution >= 4 is 0 Å². The highest BCUT2D eigenvalue weighted by molar-refractivity contribution is 5.15. The van der Waals surface area contributed by atoms with Crippen LogP contribution >= 0.6 is 0 Å².